The molecule has 1 aliphatic carbocycles. The van der Waals surface area contributed by atoms with Crippen LogP contribution in [0.2, 0.25) is 10.0 Å². The van der Waals surface area contributed by atoms with Crippen LogP contribution in [0.3, 0.4) is 0 Å². The third-order valence-electron chi connectivity index (χ3n) is 5.51. The third kappa shape index (κ3) is 7.31. The van der Waals surface area contributed by atoms with Gasteiger partial charge in [0.05, 0.1) is 0 Å². The fraction of sp³-hybridized carbons (Fsp3) is 0.417. The van der Waals surface area contributed by atoms with E-state index < -0.39 is 6.09 Å². The van der Waals surface area contributed by atoms with Gasteiger partial charge in [-0.05, 0) is 66.5 Å². The maximum atomic E-state index is 12.4. The van der Waals surface area contributed by atoms with Crippen molar-refractivity contribution >= 4 is 46.7 Å². The summed E-state index contributed by atoms with van der Waals surface area (Å²) >= 11 is 11.9. The van der Waals surface area contributed by atoms with Crippen LogP contribution in [-0.4, -0.2) is 24.8 Å². The van der Waals surface area contributed by atoms with Gasteiger partial charge in [0, 0.05) is 28.0 Å². The fourth-order valence-corrected chi connectivity index (χ4v) is 5.04. The van der Waals surface area contributed by atoms with Crippen LogP contribution in [0.4, 0.5) is 21.0 Å². The molecule has 2 aromatic carbocycles. The highest BCUT2D eigenvalue weighted by atomic mass is 35.5. The van der Waals surface area contributed by atoms with E-state index in [1.165, 1.54) is 0 Å². The zero-order valence-electron chi connectivity index (χ0n) is 18.5. The maximum absolute atomic E-state index is 12.4. The normalized spacial score (nSPS) is 22.0. The van der Waals surface area contributed by atoms with Gasteiger partial charge in [-0.1, -0.05) is 56.1 Å². The van der Waals surface area contributed by atoms with Gasteiger partial charge in [0.25, 0.3) is 0 Å². The Morgan fingerprint density at radius 3 is 2.16 bits per heavy atom. The van der Waals surface area contributed by atoms with Gasteiger partial charge in [-0.25, -0.2) is 9.59 Å². The van der Waals surface area contributed by atoms with E-state index in [1.54, 1.807) is 48.5 Å². The monoisotopic (exact) mass is 477 g/mol. The molecule has 1 saturated carbocycles. The molecule has 0 saturated heterocycles. The van der Waals surface area contributed by atoms with Crippen LogP contribution in [0.25, 0.3) is 0 Å². The molecule has 8 heteroatoms. The Balaban J connectivity index is 1.57. The molecule has 0 spiro atoms. The van der Waals surface area contributed by atoms with Gasteiger partial charge in [0.15, 0.2) is 0 Å². The summed E-state index contributed by atoms with van der Waals surface area (Å²) in [5, 5.41) is 9.57. The molecule has 3 N–H and O–H groups in total. The van der Waals surface area contributed by atoms with Crippen LogP contribution < -0.4 is 16.0 Å². The van der Waals surface area contributed by atoms with Crippen molar-refractivity contribution in [2.45, 2.75) is 46.1 Å². The van der Waals surface area contributed by atoms with Crippen molar-refractivity contribution in [3.63, 3.8) is 0 Å². The summed E-state index contributed by atoms with van der Waals surface area (Å²) in [6, 6.07) is 13.6. The van der Waals surface area contributed by atoms with Crippen LogP contribution in [0.15, 0.2) is 48.5 Å². The largest absolute Gasteiger partial charge is 0.446 e. The van der Waals surface area contributed by atoms with Crippen LogP contribution in [-0.2, 0) is 4.74 Å². The molecule has 2 aromatic rings. The van der Waals surface area contributed by atoms with E-state index in [4.69, 9.17) is 27.9 Å². The van der Waals surface area contributed by atoms with Crippen molar-refractivity contribution in [2.24, 2.45) is 10.8 Å². The van der Waals surface area contributed by atoms with Crippen molar-refractivity contribution in [3.8, 4) is 0 Å². The molecule has 3 amide bonds. The first-order valence-corrected chi connectivity index (χ1v) is 11.3. The van der Waals surface area contributed by atoms with E-state index >= 15 is 0 Å². The number of carbonyl (C=O) groups excluding carboxylic acids is 2. The summed E-state index contributed by atoms with van der Waals surface area (Å²) in [6.45, 7) is 6.88. The number of carbonyl (C=O) groups is 2. The van der Waals surface area contributed by atoms with Crippen LogP contribution in [0, 0.1) is 10.8 Å². The second-order valence-electron chi connectivity index (χ2n) is 9.54. The lowest BCUT2D eigenvalue weighted by Crippen LogP contribution is -2.47. The molecule has 172 valence electrons. The first kappa shape index (κ1) is 24.2. The summed E-state index contributed by atoms with van der Waals surface area (Å²) in [4.78, 5) is 24.8. The van der Waals surface area contributed by atoms with Crippen molar-refractivity contribution in [1.82, 2.24) is 5.32 Å². The lowest BCUT2D eigenvalue weighted by Gasteiger charge is -2.46. The number of hydrogen-bond donors (Lipinski definition) is 3. The summed E-state index contributed by atoms with van der Waals surface area (Å²) in [5.41, 5.74) is 0.941. The molecule has 0 radical (unpaired) electrons. The molecule has 0 heterocycles. The number of hydrogen-bond acceptors (Lipinski definition) is 3. The van der Waals surface area contributed by atoms with Gasteiger partial charge in [0.2, 0.25) is 0 Å². The minimum absolute atomic E-state index is 0.0425. The molecule has 0 bridgehead atoms. The van der Waals surface area contributed by atoms with Gasteiger partial charge in [-0.3, -0.25) is 5.32 Å². The van der Waals surface area contributed by atoms with E-state index in [-0.39, 0.29) is 23.0 Å². The summed E-state index contributed by atoms with van der Waals surface area (Å²) in [7, 11) is 0. The third-order valence-corrected chi connectivity index (χ3v) is 5.98. The predicted molar refractivity (Wildman–Crippen MR) is 130 cm³/mol. The highest BCUT2D eigenvalue weighted by Crippen LogP contribution is 2.46. The Morgan fingerprint density at radius 2 is 1.56 bits per heavy atom. The van der Waals surface area contributed by atoms with Gasteiger partial charge in [0.1, 0.15) is 6.10 Å². The number of rotatable bonds is 5. The second kappa shape index (κ2) is 10.0. The first-order chi connectivity index (χ1) is 15.0. The minimum Gasteiger partial charge on any atom is -0.446 e. The molecule has 2 atom stereocenters. The average Bonchev–Trinajstić information content (AvgIpc) is 2.65. The van der Waals surface area contributed by atoms with Gasteiger partial charge in [-0.15, -0.1) is 0 Å². The molecule has 0 aliphatic heterocycles. The molecular formula is C24H29Cl2N3O3. The topological polar surface area (TPSA) is 79.5 Å². The Kier molecular flexibility index (Phi) is 7.57. The molecule has 2 unspecified atom stereocenters. The van der Waals surface area contributed by atoms with Gasteiger partial charge in [-0.2, -0.15) is 0 Å². The summed E-state index contributed by atoms with van der Waals surface area (Å²) < 4.78 is 5.75. The van der Waals surface area contributed by atoms with Crippen molar-refractivity contribution < 1.29 is 14.3 Å². The van der Waals surface area contributed by atoms with E-state index in [0.717, 1.165) is 12.8 Å². The quantitative estimate of drug-likeness (QED) is 0.435. The molecule has 1 aliphatic rings. The molecule has 32 heavy (non-hydrogen) atoms. The fourth-order valence-electron chi connectivity index (χ4n) is 4.66. The minimum atomic E-state index is -0.510. The second-order valence-corrected chi connectivity index (χ2v) is 10.4. The number of nitrogens with one attached hydrogen (secondary N) is 3. The molecule has 6 nitrogen and oxygen atoms in total. The zero-order valence-corrected chi connectivity index (χ0v) is 20.0. The van der Waals surface area contributed by atoms with E-state index in [0.29, 0.717) is 34.4 Å². The lowest BCUT2D eigenvalue weighted by molar-refractivity contribution is -0.0143. The van der Waals surface area contributed by atoms with Crippen LogP contribution in [0.1, 0.15) is 40.0 Å². The van der Waals surface area contributed by atoms with Crippen molar-refractivity contribution in [3.05, 3.63) is 58.6 Å². The highest BCUT2D eigenvalue weighted by molar-refractivity contribution is 6.31. The van der Waals surface area contributed by atoms with E-state index in [2.05, 4.69) is 36.7 Å². The first-order valence-electron chi connectivity index (χ1n) is 10.6. The van der Waals surface area contributed by atoms with Crippen molar-refractivity contribution in [1.29, 1.82) is 0 Å². The van der Waals surface area contributed by atoms with Gasteiger partial charge < -0.3 is 15.4 Å². The number of halogens is 2. The molecule has 3 rings (SSSR count). The smallest absolute Gasteiger partial charge is 0.411 e. The number of anilines is 2. The summed E-state index contributed by atoms with van der Waals surface area (Å²) in [6.07, 6.45) is 1.52. The standard InChI is InChI=1S/C24H29Cl2N3O3/c1-23(2)12-20(32-22(31)29-19-9-5-7-17(26)11-19)13-24(3,14-23)15-27-21(30)28-18-8-4-6-16(25)10-18/h4-11,20H,12-15H2,1-3H3,(H,29,31)(H2,27,28,30). The number of amides is 3. The van der Waals surface area contributed by atoms with E-state index in [1.807, 2.05) is 0 Å². The average molecular weight is 478 g/mol. The number of benzene rings is 2. The Labute approximate surface area is 199 Å². The predicted octanol–water partition coefficient (Wildman–Crippen LogP) is 6.95. The molecule has 0 aromatic heterocycles. The molecule has 1 fully saturated rings. The van der Waals surface area contributed by atoms with Crippen LogP contribution >= 0.6 is 23.2 Å². The number of ether oxygens (including phenoxy) is 1. The zero-order chi connectivity index (χ0) is 23.4. The van der Waals surface area contributed by atoms with Crippen molar-refractivity contribution in [2.75, 3.05) is 17.2 Å². The maximum Gasteiger partial charge on any atom is 0.411 e. The van der Waals surface area contributed by atoms with Gasteiger partial charge >= 0.3 is 12.1 Å². The highest BCUT2D eigenvalue weighted by Gasteiger charge is 2.43. The Bertz CT molecular complexity index is 982. The number of urea groups is 1. The lowest BCUT2D eigenvalue weighted by atomic mass is 9.63. The SMILES string of the molecule is CC1(C)CC(OC(=O)Nc2cccc(Cl)c2)CC(C)(CNC(=O)Nc2cccc(Cl)c2)C1. The summed E-state index contributed by atoms with van der Waals surface area (Å²) in [5.74, 6) is 0. The Hall–Kier alpha value is -2.44. The Morgan fingerprint density at radius 1 is 0.969 bits per heavy atom. The molecular weight excluding hydrogens is 449 g/mol. The van der Waals surface area contributed by atoms with Crippen LogP contribution in [0.5, 0.6) is 0 Å². The van der Waals surface area contributed by atoms with E-state index in [9.17, 15) is 9.59 Å².